The van der Waals surface area contributed by atoms with Gasteiger partial charge in [-0.05, 0) is 65.2 Å². The van der Waals surface area contributed by atoms with Gasteiger partial charge in [-0.2, -0.15) is 0 Å². The molecule has 1 amide bonds. The number of aliphatic hydroxyl groups is 1. The Balaban J connectivity index is 1.53. The Kier molecular flexibility index (Phi) is 4.53. The molecule has 2 aliphatic carbocycles. The zero-order chi connectivity index (χ0) is 17.5. The number of carbonyl (C=O) groups excluding carboxylic acids is 2. The fourth-order valence-corrected chi connectivity index (χ4v) is 4.06. The minimum absolute atomic E-state index is 0.0925. The second kappa shape index (κ2) is 6.21. The molecule has 6 heteroatoms. The Labute approximate surface area is 143 Å². The summed E-state index contributed by atoms with van der Waals surface area (Å²) in [4.78, 5) is 26.3. The molecule has 2 saturated carbocycles. The summed E-state index contributed by atoms with van der Waals surface area (Å²) in [7, 11) is 0. The van der Waals surface area contributed by atoms with Crippen molar-refractivity contribution in [2.24, 2.45) is 11.8 Å². The predicted molar refractivity (Wildman–Crippen MR) is 87.3 cm³/mol. The van der Waals surface area contributed by atoms with Gasteiger partial charge < -0.3 is 19.5 Å². The van der Waals surface area contributed by atoms with Crippen LogP contribution < -0.4 is 0 Å². The first-order valence-electron chi connectivity index (χ1n) is 9.05. The molecule has 0 unspecified atom stereocenters. The highest BCUT2D eigenvalue weighted by atomic mass is 16.6. The second-order valence-electron chi connectivity index (χ2n) is 8.66. The van der Waals surface area contributed by atoms with Gasteiger partial charge in [-0.15, -0.1) is 0 Å². The highest BCUT2D eigenvalue weighted by molar-refractivity contribution is 5.74. The molecular weight excluding hydrogens is 310 g/mol. The lowest BCUT2D eigenvalue weighted by molar-refractivity contribution is -0.162. The molecule has 136 valence electrons. The van der Waals surface area contributed by atoms with Crippen molar-refractivity contribution in [1.29, 1.82) is 0 Å². The summed E-state index contributed by atoms with van der Waals surface area (Å²) in [5.74, 6) is 0.0932. The number of hydrogen-bond acceptors (Lipinski definition) is 5. The van der Waals surface area contributed by atoms with Gasteiger partial charge in [0.2, 0.25) is 0 Å². The summed E-state index contributed by atoms with van der Waals surface area (Å²) in [6.45, 7) is 6.45. The number of nitrogens with zero attached hydrogens (tertiary/aromatic N) is 1. The van der Waals surface area contributed by atoms with Gasteiger partial charge in [0.05, 0.1) is 12.5 Å². The molecule has 0 aromatic carbocycles. The lowest BCUT2D eigenvalue weighted by atomic mass is 9.77. The van der Waals surface area contributed by atoms with Crippen LogP contribution in [0.5, 0.6) is 0 Å². The van der Waals surface area contributed by atoms with Crippen LogP contribution in [0.2, 0.25) is 0 Å². The standard InChI is InChI=1S/C18H29NO5/c1-17(2,3)23-15(21)13-4-6-18(7-5-13)11-19(16(22)24-18)14-8-12(9-14)10-20/h12-14,20H,4-11H2,1-3H3. The number of esters is 1. The average Bonchev–Trinajstić information content (AvgIpc) is 2.73. The van der Waals surface area contributed by atoms with Crippen molar-refractivity contribution in [2.45, 2.75) is 76.5 Å². The third-order valence-electron chi connectivity index (χ3n) is 5.54. The molecule has 6 nitrogen and oxygen atoms in total. The maximum Gasteiger partial charge on any atom is 0.410 e. The monoisotopic (exact) mass is 339 g/mol. The van der Waals surface area contributed by atoms with E-state index in [0.717, 1.165) is 25.7 Å². The molecule has 3 aliphatic rings. The van der Waals surface area contributed by atoms with E-state index in [-0.39, 0.29) is 30.6 Å². The molecule has 24 heavy (non-hydrogen) atoms. The minimum Gasteiger partial charge on any atom is -0.460 e. The van der Waals surface area contributed by atoms with Crippen LogP contribution in [0.25, 0.3) is 0 Å². The summed E-state index contributed by atoms with van der Waals surface area (Å²) in [5, 5.41) is 9.14. The third kappa shape index (κ3) is 3.53. The van der Waals surface area contributed by atoms with E-state index in [4.69, 9.17) is 14.6 Å². The van der Waals surface area contributed by atoms with Gasteiger partial charge in [-0.3, -0.25) is 4.79 Å². The number of carbonyl (C=O) groups is 2. The molecule has 3 rings (SSSR count). The number of rotatable bonds is 3. The van der Waals surface area contributed by atoms with Crippen LogP contribution in [-0.2, 0) is 14.3 Å². The van der Waals surface area contributed by atoms with Gasteiger partial charge >= 0.3 is 12.1 Å². The first kappa shape index (κ1) is 17.5. The maximum atomic E-state index is 12.2. The van der Waals surface area contributed by atoms with Crippen molar-refractivity contribution in [3.63, 3.8) is 0 Å². The Morgan fingerprint density at radius 3 is 2.50 bits per heavy atom. The summed E-state index contributed by atoms with van der Waals surface area (Å²) in [6.07, 6.45) is 4.35. The predicted octanol–water partition coefficient (Wildman–Crippen LogP) is 2.48. The Morgan fingerprint density at radius 2 is 1.96 bits per heavy atom. The summed E-state index contributed by atoms with van der Waals surface area (Å²) >= 11 is 0. The van der Waals surface area contributed by atoms with Crippen molar-refractivity contribution in [3.8, 4) is 0 Å². The molecular formula is C18H29NO5. The molecule has 0 radical (unpaired) electrons. The first-order valence-corrected chi connectivity index (χ1v) is 9.05. The van der Waals surface area contributed by atoms with Gasteiger partial charge in [0.1, 0.15) is 11.2 Å². The fraction of sp³-hybridized carbons (Fsp3) is 0.889. The van der Waals surface area contributed by atoms with Crippen molar-refractivity contribution < 1.29 is 24.2 Å². The SMILES string of the molecule is CC(C)(C)OC(=O)C1CCC2(CC1)CN(C1CC(CO)C1)C(=O)O2. The molecule has 1 saturated heterocycles. The molecule has 0 aromatic heterocycles. The number of hydrogen-bond donors (Lipinski definition) is 1. The van der Waals surface area contributed by atoms with E-state index < -0.39 is 11.2 Å². The maximum absolute atomic E-state index is 12.2. The van der Waals surface area contributed by atoms with Crippen LogP contribution in [0, 0.1) is 11.8 Å². The van der Waals surface area contributed by atoms with E-state index in [1.165, 1.54) is 0 Å². The van der Waals surface area contributed by atoms with Crippen LogP contribution in [0.1, 0.15) is 59.3 Å². The van der Waals surface area contributed by atoms with Gasteiger partial charge in [0.25, 0.3) is 0 Å². The van der Waals surface area contributed by atoms with Crippen LogP contribution in [0.15, 0.2) is 0 Å². The lowest BCUT2D eigenvalue weighted by Gasteiger charge is -2.40. The molecule has 0 aromatic rings. The van der Waals surface area contributed by atoms with E-state index in [9.17, 15) is 9.59 Å². The van der Waals surface area contributed by atoms with Gasteiger partial charge in [-0.1, -0.05) is 0 Å². The van der Waals surface area contributed by atoms with Gasteiger partial charge in [0.15, 0.2) is 0 Å². The quantitative estimate of drug-likeness (QED) is 0.800. The molecule has 1 spiro atoms. The normalized spacial score (nSPS) is 36.4. The minimum atomic E-state index is -0.462. The lowest BCUT2D eigenvalue weighted by Crippen LogP contribution is -2.48. The molecule has 1 heterocycles. The van der Waals surface area contributed by atoms with Crippen LogP contribution in [0.4, 0.5) is 4.79 Å². The van der Waals surface area contributed by atoms with E-state index >= 15 is 0 Å². The van der Waals surface area contributed by atoms with Crippen molar-refractivity contribution in [1.82, 2.24) is 4.90 Å². The Morgan fingerprint density at radius 1 is 1.33 bits per heavy atom. The summed E-state index contributed by atoms with van der Waals surface area (Å²) in [6, 6.07) is 0.206. The van der Waals surface area contributed by atoms with Crippen molar-refractivity contribution in [2.75, 3.05) is 13.2 Å². The van der Waals surface area contributed by atoms with E-state index in [1.54, 1.807) is 0 Å². The highest BCUT2D eigenvalue weighted by Crippen LogP contribution is 2.43. The highest BCUT2D eigenvalue weighted by Gasteiger charge is 2.51. The molecule has 0 atom stereocenters. The number of amides is 1. The molecule has 1 N–H and O–H groups in total. The van der Waals surface area contributed by atoms with Crippen LogP contribution in [0.3, 0.4) is 0 Å². The smallest absolute Gasteiger partial charge is 0.410 e. The Hall–Kier alpha value is -1.30. The van der Waals surface area contributed by atoms with Crippen LogP contribution in [-0.4, -0.2) is 52.5 Å². The van der Waals surface area contributed by atoms with E-state index in [2.05, 4.69) is 0 Å². The topological polar surface area (TPSA) is 76.1 Å². The first-order chi connectivity index (χ1) is 11.2. The average molecular weight is 339 g/mol. The van der Waals surface area contributed by atoms with Crippen molar-refractivity contribution >= 4 is 12.1 Å². The third-order valence-corrected chi connectivity index (χ3v) is 5.54. The molecule has 0 bridgehead atoms. The zero-order valence-electron chi connectivity index (χ0n) is 14.9. The van der Waals surface area contributed by atoms with Crippen LogP contribution >= 0.6 is 0 Å². The largest absolute Gasteiger partial charge is 0.460 e. The fourth-order valence-electron chi connectivity index (χ4n) is 4.06. The van der Waals surface area contributed by atoms with Crippen molar-refractivity contribution in [3.05, 3.63) is 0 Å². The van der Waals surface area contributed by atoms with Gasteiger partial charge in [-0.25, -0.2) is 4.79 Å². The number of ether oxygens (including phenoxy) is 2. The number of aliphatic hydroxyl groups excluding tert-OH is 1. The molecule has 3 fully saturated rings. The van der Waals surface area contributed by atoms with Gasteiger partial charge in [0, 0.05) is 12.6 Å². The van der Waals surface area contributed by atoms with E-state index in [1.807, 2.05) is 25.7 Å². The molecule has 1 aliphatic heterocycles. The zero-order valence-corrected chi connectivity index (χ0v) is 14.9. The Bertz CT molecular complexity index is 498. The summed E-state index contributed by atoms with van der Waals surface area (Å²) in [5.41, 5.74) is -0.893. The second-order valence-corrected chi connectivity index (χ2v) is 8.66. The summed E-state index contributed by atoms with van der Waals surface area (Å²) < 4.78 is 11.2. The van der Waals surface area contributed by atoms with E-state index in [0.29, 0.717) is 25.3 Å².